The molecule has 0 saturated heterocycles. The van der Waals surface area contributed by atoms with Crippen molar-refractivity contribution in [3.63, 3.8) is 0 Å². The van der Waals surface area contributed by atoms with Gasteiger partial charge < -0.3 is 14.8 Å². The summed E-state index contributed by atoms with van der Waals surface area (Å²) in [6, 6.07) is 11.3. The van der Waals surface area contributed by atoms with Gasteiger partial charge in [-0.25, -0.2) is 17.5 Å². The number of fused-ring (bicyclic) bond motifs is 1. The lowest BCUT2D eigenvalue weighted by atomic mass is 10.2. The first-order valence-electron chi connectivity index (χ1n) is 11.7. The number of hydrogen-bond acceptors (Lipinski definition) is 8. The molecule has 1 amide bonds. The van der Waals surface area contributed by atoms with Crippen LogP contribution in [-0.4, -0.2) is 55.9 Å². The van der Waals surface area contributed by atoms with Gasteiger partial charge in [-0.2, -0.15) is 0 Å². The van der Waals surface area contributed by atoms with E-state index < -0.39 is 27.2 Å². The molecule has 206 valence electrons. The van der Waals surface area contributed by atoms with Gasteiger partial charge in [0.2, 0.25) is 10.0 Å². The molecule has 13 heteroatoms. The van der Waals surface area contributed by atoms with Gasteiger partial charge in [0.1, 0.15) is 9.71 Å². The minimum Gasteiger partial charge on any atom is -0.493 e. The van der Waals surface area contributed by atoms with E-state index in [1.165, 1.54) is 51.0 Å². The maximum atomic E-state index is 13.2. The molecule has 2 aromatic heterocycles. The normalized spacial score (nSPS) is 11.6. The molecule has 0 aliphatic heterocycles. The maximum absolute atomic E-state index is 13.2. The van der Waals surface area contributed by atoms with Crippen LogP contribution in [0.1, 0.15) is 26.4 Å². The van der Waals surface area contributed by atoms with Gasteiger partial charge in [0.25, 0.3) is 11.5 Å². The fraction of sp³-hybridized carbons (Fsp3) is 0.269. The number of aromatic nitrogens is 2. The van der Waals surface area contributed by atoms with E-state index in [-0.39, 0.29) is 22.9 Å². The number of carbonyl (C=O) groups excluding carboxylic acids is 1. The summed E-state index contributed by atoms with van der Waals surface area (Å²) in [7, 11) is 2.34. The van der Waals surface area contributed by atoms with E-state index in [1.54, 1.807) is 37.3 Å². The van der Waals surface area contributed by atoms with Gasteiger partial charge >= 0.3 is 5.69 Å². The quantitative estimate of drug-likeness (QED) is 0.325. The van der Waals surface area contributed by atoms with Gasteiger partial charge in [0, 0.05) is 32.4 Å². The molecule has 0 fully saturated rings. The number of nitrogens with one attached hydrogen (secondary N) is 1. The number of thiazole rings is 1. The number of nitrogens with zero attached hydrogens (tertiary/aromatic N) is 3. The van der Waals surface area contributed by atoms with Crippen LogP contribution in [0.5, 0.6) is 11.5 Å². The molecule has 0 spiro atoms. The summed E-state index contributed by atoms with van der Waals surface area (Å²) in [4.78, 5) is 40.0. The Morgan fingerprint density at radius 3 is 2.26 bits per heavy atom. The Morgan fingerprint density at radius 2 is 1.64 bits per heavy atom. The first kappa shape index (κ1) is 28.1. The summed E-state index contributed by atoms with van der Waals surface area (Å²) in [6.45, 7) is 1.76. The van der Waals surface area contributed by atoms with Crippen LogP contribution >= 0.6 is 11.3 Å². The van der Waals surface area contributed by atoms with Gasteiger partial charge in [-0.15, -0.1) is 11.3 Å². The summed E-state index contributed by atoms with van der Waals surface area (Å²) in [5.74, 6) is 0.715. The highest BCUT2D eigenvalue weighted by Crippen LogP contribution is 2.27. The van der Waals surface area contributed by atoms with E-state index >= 15 is 0 Å². The van der Waals surface area contributed by atoms with E-state index in [0.29, 0.717) is 27.5 Å². The fourth-order valence-corrected chi connectivity index (χ4v) is 5.83. The Bertz CT molecular complexity index is 1770. The summed E-state index contributed by atoms with van der Waals surface area (Å²) in [6.07, 6.45) is 1.42. The molecule has 0 atom stereocenters. The van der Waals surface area contributed by atoms with Crippen molar-refractivity contribution in [2.24, 2.45) is 0 Å². The number of sulfonamides is 1. The van der Waals surface area contributed by atoms with E-state index in [2.05, 4.69) is 5.32 Å². The van der Waals surface area contributed by atoms with E-state index in [1.807, 2.05) is 0 Å². The van der Waals surface area contributed by atoms with E-state index in [0.717, 1.165) is 25.8 Å². The third-order valence-electron chi connectivity index (χ3n) is 6.16. The fourth-order valence-electron chi connectivity index (χ4n) is 3.93. The number of hydrogen-bond donors (Lipinski definition) is 1. The van der Waals surface area contributed by atoms with Crippen molar-refractivity contribution in [3.8, 4) is 11.5 Å². The number of ether oxygens (including phenoxy) is 2. The monoisotopic (exact) mass is 572 g/mol. The van der Waals surface area contributed by atoms with Crippen molar-refractivity contribution in [1.29, 1.82) is 0 Å². The van der Waals surface area contributed by atoms with Crippen molar-refractivity contribution in [3.05, 3.63) is 91.1 Å². The SMILES string of the molecule is COc1ccc(CNC(=O)c2cn3c(=O)n(Cc4ccc(S(=O)(=O)N(C)C)cc4)c(=O)c(C)c3s2)cc1OC. The third kappa shape index (κ3) is 5.46. The standard InChI is InChI=1S/C26H28N4O7S2/c1-16-24(32)29(14-17-6-9-19(10-7-17)39(34,35)28(2)3)26(33)30-15-22(38-25(16)30)23(31)27-13-18-8-11-20(36-4)21(12-18)37-5/h6-12,15H,13-14H2,1-5H3,(H,27,31). The smallest absolute Gasteiger partial charge is 0.336 e. The highest BCUT2D eigenvalue weighted by atomic mass is 32.2. The molecule has 4 aromatic rings. The van der Waals surface area contributed by atoms with Crippen molar-refractivity contribution in [2.75, 3.05) is 28.3 Å². The van der Waals surface area contributed by atoms with Crippen molar-refractivity contribution < 1.29 is 22.7 Å². The minimum atomic E-state index is -3.60. The number of benzene rings is 2. The molecule has 0 aliphatic rings. The molecule has 0 saturated carbocycles. The second-order valence-corrected chi connectivity index (χ2v) is 12.1. The lowest BCUT2D eigenvalue weighted by Crippen LogP contribution is -2.38. The zero-order valence-electron chi connectivity index (χ0n) is 22.0. The van der Waals surface area contributed by atoms with Gasteiger partial charge in [-0.05, 0) is 42.3 Å². The summed E-state index contributed by atoms with van der Waals surface area (Å²) in [5, 5.41) is 2.82. The van der Waals surface area contributed by atoms with Crippen molar-refractivity contribution >= 4 is 32.1 Å². The summed E-state index contributed by atoms with van der Waals surface area (Å²) < 4.78 is 38.6. The molecule has 4 rings (SSSR count). The number of methoxy groups -OCH3 is 2. The van der Waals surface area contributed by atoms with Crippen LogP contribution < -0.4 is 26.0 Å². The molecular formula is C26H28N4O7S2. The Balaban J connectivity index is 1.59. The first-order chi connectivity index (χ1) is 18.5. The Kier molecular flexibility index (Phi) is 7.95. The highest BCUT2D eigenvalue weighted by Gasteiger charge is 2.19. The maximum Gasteiger partial charge on any atom is 0.336 e. The van der Waals surface area contributed by atoms with Crippen LogP contribution in [0.2, 0.25) is 0 Å². The van der Waals surface area contributed by atoms with Crippen LogP contribution in [0.15, 0.2) is 63.1 Å². The number of carbonyl (C=O) groups is 1. The molecule has 0 radical (unpaired) electrons. The molecule has 0 unspecified atom stereocenters. The average molecular weight is 573 g/mol. The topological polar surface area (TPSA) is 128 Å². The van der Waals surface area contributed by atoms with Gasteiger partial charge in [-0.3, -0.25) is 18.6 Å². The molecular weight excluding hydrogens is 544 g/mol. The van der Waals surface area contributed by atoms with Crippen molar-refractivity contribution in [2.45, 2.75) is 24.9 Å². The molecule has 2 aromatic carbocycles. The third-order valence-corrected chi connectivity index (χ3v) is 9.20. The largest absolute Gasteiger partial charge is 0.493 e. The summed E-state index contributed by atoms with van der Waals surface area (Å²) >= 11 is 1.05. The van der Waals surface area contributed by atoms with Crippen LogP contribution in [-0.2, 0) is 23.1 Å². The molecule has 2 heterocycles. The lowest BCUT2D eigenvalue weighted by molar-refractivity contribution is 0.0954. The molecule has 0 aliphatic carbocycles. The van der Waals surface area contributed by atoms with E-state index in [4.69, 9.17) is 9.47 Å². The van der Waals surface area contributed by atoms with Crippen LogP contribution in [0.25, 0.3) is 4.83 Å². The predicted octanol–water partition coefficient (Wildman–Crippen LogP) is 2.08. The second kappa shape index (κ2) is 11.0. The lowest BCUT2D eigenvalue weighted by Gasteiger charge is -2.12. The van der Waals surface area contributed by atoms with Gasteiger partial charge in [0.15, 0.2) is 11.5 Å². The molecule has 1 N–H and O–H groups in total. The van der Waals surface area contributed by atoms with Crippen LogP contribution in [0.4, 0.5) is 0 Å². The van der Waals surface area contributed by atoms with Crippen molar-refractivity contribution in [1.82, 2.24) is 18.6 Å². The Hall–Kier alpha value is -3.94. The first-order valence-corrected chi connectivity index (χ1v) is 14.0. The number of amides is 1. The number of aryl methyl sites for hydroxylation is 1. The zero-order valence-corrected chi connectivity index (χ0v) is 23.7. The second-order valence-electron chi connectivity index (χ2n) is 8.87. The number of rotatable bonds is 9. The van der Waals surface area contributed by atoms with Crippen LogP contribution in [0, 0.1) is 6.92 Å². The van der Waals surface area contributed by atoms with Gasteiger partial charge in [0.05, 0.1) is 25.7 Å². The van der Waals surface area contributed by atoms with Crippen LogP contribution in [0.3, 0.4) is 0 Å². The zero-order chi connectivity index (χ0) is 28.5. The Morgan fingerprint density at radius 1 is 1.00 bits per heavy atom. The predicted molar refractivity (Wildman–Crippen MR) is 148 cm³/mol. The van der Waals surface area contributed by atoms with Gasteiger partial charge in [-0.1, -0.05) is 18.2 Å². The minimum absolute atomic E-state index is 0.0551. The Labute approximate surface area is 228 Å². The highest BCUT2D eigenvalue weighted by molar-refractivity contribution is 7.89. The van der Waals surface area contributed by atoms with E-state index in [9.17, 15) is 22.8 Å². The average Bonchev–Trinajstić information content (AvgIpc) is 3.39. The molecule has 11 nitrogen and oxygen atoms in total. The summed E-state index contributed by atoms with van der Waals surface area (Å²) in [5.41, 5.74) is 0.615. The molecule has 0 bridgehead atoms. The molecule has 39 heavy (non-hydrogen) atoms.